The first kappa shape index (κ1) is 19.4. The van der Waals surface area contributed by atoms with Crippen LogP contribution in [0.15, 0.2) is 54.6 Å². The second-order valence-electron chi connectivity index (χ2n) is 6.60. The number of methoxy groups -OCH3 is 1. The van der Waals surface area contributed by atoms with Gasteiger partial charge in [0, 0.05) is 17.4 Å². The Morgan fingerprint density at radius 2 is 1.54 bits per heavy atom. The number of esters is 1. The molecule has 0 aliphatic rings. The molecule has 0 N–H and O–H groups in total. The molecule has 0 atom stereocenters. The average molecular weight is 354 g/mol. The average Bonchev–Trinajstić information content (AvgIpc) is 2.66. The number of carbonyl (C=O) groups is 3. The van der Waals surface area contributed by atoms with Gasteiger partial charge in [-0.1, -0.05) is 44.2 Å². The molecule has 2 aromatic rings. The van der Waals surface area contributed by atoms with Crippen molar-refractivity contribution in [2.75, 3.05) is 7.11 Å². The number of rotatable bonds is 8. The fourth-order valence-corrected chi connectivity index (χ4v) is 2.43. The van der Waals surface area contributed by atoms with Gasteiger partial charge in [-0.05, 0) is 29.8 Å². The van der Waals surface area contributed by atoms with Gasteiger partial charge in [-0.3, -0.25) is 9.59 Å². The van der Waals surface area contributed by atoms with Crippen molar-refractivity contribution < 1.29 is 23.9 Å². The first-order valence-corrected chi connectivity index (χ1v) is 8.26. The maximum Gasteiger partial charge on any atom is 0.375 e. The van der Waals surface area contributed by atoms with E-state index in [0.717, 1.165) is 5.56 Å². The topological polar surface area (TPSA) is 69.7 Å². The molecule has 0 radical (unpaired) electrons. The van der Waals surface area contributed by atoms with Crippen LogP contribution in [0.4, 0.5) is 0 Å². The highest BCUT2D eigenvalue weighted by atomic mass is 16.5. The lowest BCUT2D eigenvalue weighted by molar-refractivity contribution is -0.158. The number of hydrogen-bond donors (Lipinski definition) is 0. The van der Waals surface area contributed by atoms with E-state index in [2.05, 4.69) is 0 Å². The lowest BCUT2D eigenvalue weighted by Gasteiger charge is -2.21. The Bertz CT molecular complexity index is 776. The number of ether oxygens (including phenoxy) is 2. The van der Waals surface area contributed by atoms with E-state index in [1.54, 1.807) is 57.4 Å². The third-order valence-corrected chi connectivity index (χ3v) is 4.03. The van der Waals surface area contributed by atoms with Gasteiger partial charge in [0.1, 0.15) is 12.4 Å². The second kappa shape index (κ2) is 8.43. The van der Waals surface area contributed by atoms with Crippen LogP contribution in [-0.4, -0.2) is 24.6 Å². The molecule has 26 heavy (non-hydrogen) atoms. The standard InChI is InChI=1S/C21H22O5/c1-21(2,13-18(22)16-9-11-17(25-3)12-10-16)19(23)20(24)26-14-15-7-5-4-6-8-15/h4-12H,13-14H2,1-3H3. The summed E-state index contributed by atoms with van der Waals surface area (Å²) in [6.45, 7) is 3.16. The fourth-order valence-electron chi connectivity index (χ4n) is 2.43. The van der Waals surface area contributed by atoms with Gasteiger partial charge in [-0.2, -0.15) is 0 Å². The number of benzene rings is 2. The van der Waals surface area contributed by atoms with Crippen molar-refractivity contribution in [2.45, 2.75) is 26.9 Å². The van der Waals surface area contributed by atoms with Crippen LogP contribution in [0.1, 0.15) is 36.2 Å². The first-order valence-electron chi connectivity index (χ1n) is 8.26. The molecule has 0 unspecified atom stereocenters. The third-order valence-electron chi connectivity index (χ3n) is 4.03. The van der Waals surface area contributed by atoms with Crippen LogP contribution in [-0.2, 0) is 20.9 Å². The normalized spacial score (nSPS) is 10.9. The molecule has 2 aromatic carbocycles. The summed E-state index contributed by atoms with van der Waals surface area (Å²) in [6.07, 6.45) is -0.0847. The monoisotopic (exact) mass is 354 g/mol. The number of ketones is 2. The zero-order valence-electron chi connectivity index (χ0n) is 15.2. The van der Waals surface area contributed by atoms with Crippen molar-refractivity contribution in [3.05, 3.63) is 65.7 Å². The van der Waals surface area contributed by atoms with Crippen LogP contribution in [0.3, 0.4) is 0 Å². The molecule has 0 aromatic heterocycles. The van der Waals surface area contributed by atoms with E-state index in [1.165, 1.54) is 0 Å². The van der Waals surface area contributed by atoms with Crippen LogP contribution in [0, 0.1) is 5.41 Å². The Morgan fingerprint density at radius 3 is 2.12 bits per heavy atom. The zero-order chi connectivity index (χ0) is 19.2. The molecule has 0 saturated heterocycles. The van der Waals surface area contributed by atoms with E-state index in [0.29, 0.717) is 11.3 Å². The Hall–Kier alpha value is -2.95. The number of hydrogen-bond acceptors (Lipinski definition) is 5. The van der Waals surface area contributed by atoms with Gasteiger partial charge < -0.3 is 9.47 Å². The first-order chi connectivity index (χ1) is 12.3. The predicted octanol–water partition coefficient (Wildman–Crippen LogP) is 3.61. The molecule has 0 heterocycles. The summed E-state index contributed by atoms with van der Waals surface area (Å²) in [5.74, 6) is -1.22. The summed E-state index contributed by atoms with van der Waals surface area (Å²) < 4.78 is 10.1. The van der Waals surface area contributed by atoms with E-state index in [-0.39, 0.29) is 18.8 Å². The van der Waals surface area contributed by atoms with Gasteiger partial charge in [-0.25, -0.2) is 4.79 Å². The summed E-state index contributed by atoms with van der Waals surface area (Å²) in [5, 5.41) is 0. The van der Waals surface area contributed by atoms with Crippen LogP contribution in [0.5, 0.6) is 5.75 Å². The van der Waals surface area contributed by atoms with Crippen molar-refractivity contribution >= 4 is 17.5 Å². The summed E-state index contributed by atoms with van der Waals surface area (Å²) in [5.41, 5.74) is 0.107. The van der Waals surface area contributed by atoms with Crippen LogP contribution >= 0.6 is 0 Å². The maximum absolute atomic E-state index is 12.4. The molecule has 0 aliphatic heterocycles. The third kappa shape index (κ3) is 5.02. The lowest BCUT2D eigenvalue weighted by atomic mass is 9.81. The maximum atomic E-state index is 12.4. The predicted molar refractivity (Wildman–Crippen MR) is 97.0 cm³/mol. The quantitative estimate of drug-likeness (QED) is 0.411. The van der Waals surface area contributed by atoms with Crippen LogP contribution in [0.25, 0.3) is 0 Å². The van der Waals surface area contributed by atoms with Gasteiger partial charge >= 0.3 is 5.97 Å². The Morgan fingerprint density at radius 1 is 0.923 bits per heavy atom. The molecule has 0 saturated carbocycles. The molecule has 0 amide bonds. The zero-order valence-corrected chi connectivity index (χ0v) is 15.2. The van der Waals surface area contributed by atoms with E-state index in [9.17, 15) is 14.4 Å². The molecule has 0 aliphatic carbocycles. The molecule has 0 fully saturated rings. The minimum atomic E-state index is -1.15. The highest BCUT2D eigenvalue weighted by molar-refractivity contribution is 6.36. The number of carbonyl (C=O) groups excluding carboxylic acids is 3. The molecule has 0 spiro atoms. The Balaban J connectivity index is 1.97. The SMILES string of the molecule is COc1ccc(C(=O)CC(C)(C)C(=O)C(=O)OCc2ccccc2)cc1. The lowest BCUT2D eigenvalue weighted by Crippen LogP contribution is -2.34. The summed E-state index contributed by atoms with van der Waals surface area (Å²) in [6, 6.07) is 15.7. The van der Waals surface area contributed by atoms with Crippen molar-refractivity contribution in [2.24, 2.45) is 5.41 Å². The van der Waals surface area contributed by atoms with Crippen molar-refractivity contribution in [3.63, 3.8) is 0 Å². The smallest absolute Gasteiger partial charge is 0.375 e. The van der Waals surface area contributed by atoms with Gasteiger partial charge in [0.15, 0.2) is 5.78 Å². The van der Waals surface area contributed by atoms with Gasteiger partial charge in [0.2, 0.25) is 5.78 Å². The second-order valence-corrected chi connectivity index (χ2v) is 6.60. The van der Waals surface area contributed by atoms with E-state index < -0.39 is 17.2 Å². The van der Waals surface area contributed by atoms with Gasteiger partial charge in [-0.15, -0.1) is 0 Å². The van der Waals surface area contributed by atoms with Crippen LogP contribution < -0.4 is 4.74 Å². The summed E-state index contributed by atoms with van der Waals surface area (Å²) in [7, 11) is 1.54. The molecule has 0 bridgehead atoms. The van der Waals surface area contributed by atoms with Gasteiger partial charge in [0.05, 0.1) is 7.11 Å². The highest BCUT2D eigenvalue weighted by Gasteiger charge is 2.36. The van der Waals surface area contributed by atoms with E-state index in [1.807, 2.05) is 18.2 Å². The molecule has 5 heteroatoms. The van der Waals surface area contributed by atoms with Crippen LogP contribution in [0.2, 0.25) is 0 Å². The minimum absolute atomic E-state index is 0.0217. The van der Waals surface area contributed by atoms with E-state index in [4.69, 9.17) is 9.47 Å². The molecule has 2 rings (SSSR count). The Kier molecular flexibility index (Phi) is 6.28. The molecule has 5 nitrogen and oxygen atoms in total. The summed E-state index contributed by atoms with van der Waals surface area (Å²) in [4.78, 5) is 36.9. The largest absolute Gasteiger partial charge is 0.497 e. The molecular weight excluding hydrogens is 332 g/mol. The fraction of sp³-hybridized carbons (Fsp3) is 0.286. The van der Waals surface area contributed by atoms with Crippen molar-refractivity contribution in [1.82, 2.24) is 0 Å². The number of Topliss-reactive ketones (excluding diaryl/α,β-unsaturated/α-hetero) is 2. The van der Waals surface area contributed by atoms with E-state index >= 15 is 0 Å². The Labute approximate surface area is 152 Å². The highest BCUT2D eigenvalue weighted by Crippen LogP contribution is 2.26. The molecular formula is C21H22O5. The minimum Gasteiger partial charge on any atom is -0.497 e. The summed E-state index contributed by atoms with van der Waals surface area (Å²) >= 11 is 0. The molecule has 136 valence electrons. The van der Waals surface area contributed by atoms with Gasteiger partial charge in [0.25, 0.3) is 0 Å². The van der Waals surface area contributed by atoms with Crippen molar-refractivity contribution in [3.8, 4) is 5.75 Å². The van der Waals surface area contributed by atoms with Crippen molar-refractivity contribution in [1.29, 1.82) is 0 Å².